The molecule has 0 saturated carbocycles. The van der Waals surface area contributed by atoms with Crippen LogP contribution in [0.25, 0.3) is 0 Å². The number of hydrogen-bond donors (Lipinski definition) is 1. The van der Waals surface area contributed by atoms with Crippen molar-refractivity contribution < 1.29 is 19.1 Å². The summed E-state index contributed by atoms with van der Waals surface area (Å²) in [5.74, 6) is -0.301. The molecule has 1 aromatic carbocycles. The predicted molar refractivity (Wildman–Crippen MR) is 105 cm³/mol. The van der Waals surface area contributed by atoms with Gasteiger partial charge in [0.25, 0.3) is 0 Å². The van der Waals surface area contributed by atoms with Gasteiger partial charge in [-0.25, -0.2) is 4.39 Å². The van der Waals surface area contributed by atoms with Crippen molar-refractivity contribution in [1.29, 1.82) is 0 Å². The van der Waals surface area contributed by atoms with Crippen LogP contribution in [-0.4, -0.2) is 58.0 Å². The first-order chi connectivity index (χ1) is 13.1. The molecule has 154 valence electrons. The quantitative estimate of drug-likeness (QED) is 0.863. The van der Waals surface area contributed by atoms with Gasteiger partial charge in [-0.2, -0.15) is 0 Å². The van der Waals surface area contributed by atoms with Gasteiger partial charge in [0.1, 0.15) is 11.9 Å². The molecule has 2 fully saturated rings. The van der Waals surface area contributed by atoms with Gasteiger partial charge in [-0.1, -0.05) is 32.9 Å². The summed E-state index contributed by atoms with van der Waals surface area (Å²) in [5.41, 5.74) is -0.669. The van der Waals surface area contributed by atoms with E-state index in [-0.39, 0.29) is 23.7 Å². The zero-order chi connectivity index (χ0) is 20.5. The number of benzene rings is 1. The molecule has 2 amide bonds. The lowest BCUT2D eigenvalue weighted by molar-refractivity contribution is -0.150. The van der Waals surface area contributed by atoms with Crippen molar-refractivity contribution in [3.05, 3.63) is 35.6 Å². The second-order valence-electron chi connectivity index (χ2n) is 9.26. The van der Waals surface area contributed by atoms with Crippen LogP contribution in [0.2, 0.25) is 0 Å². The van der Waals surface area contributed by atoms with Crippen molar-refractivity contribution >= 4 is 11.8 Å². The van der Waals surface area contributed by atoms with E-state index in [0.717, 1.165) is 12.0 Å². The maximum Gasteiger partial charge on any atom is 0.245 e. The normalized spacial score (nSPS) is 22.4. The number of carbonyl (C=O) groups excluding carboxylic acids is 2. The number of nitrogens with zero attached hydrogens (tertiary/aromatic N) is 2. The second-order valence-corrected chi connectivity index (χ2v) is 9.26. The average molecular weight is 390 g/mol. The van der Waals surface area contributed by atoms with Crippen LogP contribution in [0.5, 0.6) is 0 Å². The van der Waals surface area contributed by atoms with Gasteiger partial charge in [-0.05, 0) is 43.4 Å². The van der Waals surface area contributed by atoms with E-state index in [0.29, 0.717) is 45.3 Å². The number of carbonyl (C=O) groups is 2. The van der Waals surface area contributed by atoms with Crippen molar-refractivity contribution in [2.75, 3.05) is 19.6 Å². The molecule has 0 aromatic heterocycles. The maximum atomic E-state index is 13.4. The molecule has 6 heteroatoms. The fraction of sp³-hybridized carbons (Fsp3) is 0.636. The monoisotopic (exact) mass is 390 g/mol. The third kappa shape index (κ3) is 4.54. The largest absolute Gasteiger partial charge is 0.389 e. The summed E-state index contributed by atoms with van der Waals surface area (Å²) in [6.07, 6.45) is 2.83. The summed E-state index contributed by atoms with van der Waals surface area (Å²) in [4.78, 5) is 29.2. The first-order valence-electron chi connectivity index (χ1n) is 10.2. The topological polar surface area (TPSA) is 60.9 Å². The van der Waals surface area contributed by atoms with Crippen LogP contribution in [0.4, 0.5) is 4.39 Å². The summed E-state index contributed by atoms with van der Waals surface area (Å²) in [6.45, 7) is 7.18. The Morgan fingerprint density at radius 2 is 1.89 bits per heavy atom. The first kappa shape index (κ1) is 20.8. The van der Waals surface area contributed by atoms with Gasteiger partial charge in [0, 0.05) is 31.5 Å². The molecule has 2 saturated heterocycles. The molecule has 0 radical (unpaired) electrons. The standard InChI is InChI=1S/C22H31FN2O3/c1-21(2,3)20(27)25-11-5-8-18(25)19(26)24-12-9-22(28,10-13-24)15-16-6-4-7-17(23)14-16/h4,6-7,14,18,28H,5,8-13,15H2,1-3H3. The Morgan fingerprint density at radius 1 is 1.21 bits per heavy atom. The Morgan fingerprint density at radius 3 is 2.50 bits per heavy atom. The van der Waals surface area contributed by atoms with E-state index in [1.807, 2.05) is 26.8 Å². The molecule has 2 aliphatic heterocycles. The minimum atomic E-state index is -0.929. The van der Waals surface area contributed by atoms with E-state index in [2.05, 4.69) is 0 Å². The minimum Gasteiger partial charge on any atom is -0.389 e. The lowest BCUT2D eigenvalue weighted by Crippen LogP contribution is -2.54. The lowest BCUT2D eigenvalue weighted by atomic mass is 9.85. The smallest absolute Gasteiger partial charge is 0.245 e. The zero-order valence-electron chi connectivity index (χ0n) is 17.1. The van der Waals surface area contributed by atoms with Gasteiger partial charge in [0.15, 0.2) is 0 Å². The van der Waals surface area contributed by atoms with Gasteiger partial charge < -0.3 is 14.9 Å². The highest BCUT2D eigenvalue weighted by molar-refractivity contribution is 5.90. The van der Waals surface area contributed by atoms with Crippen molar-refractivity contribution in [1.82, 2.24) is 9.80 Å². The number of hydrogen-bond acceptors (Lipinski definition) is 3. The van der Waals surface area contributed by atoms with Crippen LogP contribution in [0.3, 0.4) is 0 Å². The van der Waals surface area contributed by atoms with Crippen molar-refractivity contribution in [2.24, 2.45) is 5.41 Å². The summed E-state index contributed by atoms with van der Waals surface area (Å²) in [5, 5.41) is 10.9. The molecule has 1 N–H and O–H groups in total. The number of piperidine rings is 1. The summed E-state index contributed by atoms with van der Waals surface area (Å²) >= 11 is 0. The molecule has 0 spiro atoms. The van der Waals surface area contributed by atoms with E-state index in [1.165, 1.54) is 12.1 Å². The lowest BCUT2D eigenvalue weighted by Gasteiger charge is -2.40. The molecule has 2 aliphatic rings. The Labute approximate surface area is 166 Å². The van der Waals surface area contributed by atoms with Crippen LogP contribution in [0.15, 0.2) is 24.3 Å². The predicted octanol–water partition coefficient (Wildman–Crippen LogP) is 2.76. The van der Waals surface area contributed by atoms with E-state index in [9.17, 15) is 19.1 Å². The van der Waals surface area contributed by atoms with Crippen LogP contribution >= 0.6 is 0 Å². The highest BCUT2D eigenvalue weighted by Gasteiger charge is 2.42. The molecule has 5 nitrogen and oxygen atoms in total. The average Bonchev–Trinajstić information content (AvgIpc) is 3.09. The highest BCUT2D eigenvalue weighted by atomic mass is 19.1. The maximum absolute atomic E-state index is 13.4. The molecule has 0 bridgehead atoms. The molecule has 3 rings (SSSR count). The number of halogens is 1. The van der Waals surface area contributed by atoms with Gasteiger partial charge in [-0.15, -0.1) is 0 Å². The number of rotatable bonds is 3. The Balaban J connectivity index is 1.61. The molecule has 1 atom stereocenters. The van der Waals surface area contributed by atoms with Crippen molar-refractivity contribution in [3.63, 3.8) is 0 Å². The van der Waals surface area contributed by atoms with Gasteiger partial charge in [-0.3, -0.25) is 9.59 Å². The fourth-order valence-electron chi connectivity index (χ4n) is 4.26. The fourth-order valence-corrected chi connectivity index (χ4v) is 4.26. The van der Waals surface area contributed by atoms with E-state index in [1.54, 1.807) is 15.9 Å². The molecule has 2 heterocycles. The van der Waals surface area contributed by atoms with E-state index in [4.69, 9.17) is 0 Å². The van der Waals surface area contributed by atoms with E-state index < -0.39 is 11.0 Å². The minimum absolute atomic E-state index is 0.0112. The summed E-state index contributed by atoms with van der Waals surface area (Å²) in [6, 6.07) is 5.91. The van der Waals surface area contributed by atoms with Crippen LogP contribution in [-0.2, 0) is 16.0 Å². The van der Waals surface area contributed by atoms with Gasteiger partial charge >= 0.3 is 0 Å². The van der Waals surface area contributed by atoms with Crippen LogP contribution in [0, 0.1) is 11.2 Å². The molecule has 28 heavy (non-hydrogen) atoms. The zero-order valence-corrected chi connectivity index (χ0v) is 17.1. The first-order valence-corrected chi connectivity index (χ1v) is 10.2. The number of aliphatic hydroxyl groups is 1. The van der Waals surface area contributed by atoms with Crippen molar-refractivity contribution in [3.8, 4) is 0 Å². The molecule has 0 aliphatic carbocycles. The number of amides is 2. The number of likely N-dealkylation sites (tertiary alicyclic amines) is 2. The van der Waals surface area contributed by atoms with E-state index >= 15 is 0 Å². The van der Waals surface area contributed by atoms with Gasteiger partial charge in [0.05, 0.1) is 5.60 Å². The van der Waals surface area contributed by atoms with Crippen LogP contribution in [0.1, 0.15) is 52.0 Å². The van der Waals surface area contributed by atoms with Gasteiger partial charge in [0.2, 0.25) is 11.8 Å². The molecule has 1 aromatic rings. The molecular weight excluding hydrogens is 359 g/mol. The SMILES string of the molecule is CC(C)(C)C(=O)N1CCCC1C(=O)N1CCC(O)(Cc2cccc(F)c2)CC1. The Hall–Kier alpha value is -1.95. The van der Waals surface area contributed by atoms with Crippen LogP contribution < -0.4 is 0 Å². The van der Waals surface area contributed by atoms with Crippen molar-refractivity contribution in [2.45, 2.75) is 64.5 Å². The summed E-state index contributed by atoms with van der Waals surface area (Å²) < 4.78 is 13.4. The third-order valence-corrected chi connectivity index (χ3v) is 5.87. The third-order valence-electron chi connectivity index (χ3n) is 5.87. The molecular formula is C22H31FN2O3. The highest BCUT2D eigenvalue weighted by Crippen LogP contribution is 2.30. The Kier molecular flexibility index (Phi) is 5.80. The molecule has 1 unspecified atom stereocenters. The second kappa shape index (κ2) is 7.82. The Bertz CT molecular complexity index is 736. The summed E-state index contributed by atoms with van der Waals surface area (Å²) in [7, 11) is 0.